The number of halogens is 2. The van der Waals surface area contributed by atoms with Crippen LogP contribution in [0.2, 0.25) is 0 Å². The molecule has 1 fully saturated rings. The second kappa shape index (κ2) is 11.4. The first-order chi connectivity index (χ1) is 18.8. The first-order valence-corrected chi connectivity index (χ1v) is 14.0. The van der Waals surface area contributed by atoms with E-state index < -0.39 is 6.43 Å². The number of aromatic nitrogens is 2. The Balaban J connectivity index is 1.54. The molecule has 0 saturated heterocycles. The fraction of sp³-hybridized carbons (Fsp3) is 0.552. The van der Waals surface area contributed by atoms with Crippen molar-refractivity contribution in [2.45, 2.75) is 70.3 Å². The molecule has 2 aliphatic heterocycles. The molecule has 210 valence electrons. The molecule has 5 rings (SSSR count). The molecule has 1 aromatic carbocycles. The zero-order valence-corrected chi connectivity index (χ0v) is 23.1. The van der Waals surface area contributed by atoms with Gasteiger partial charge in [0.15, 0.2) is 0 Å². The molecule has 0 bridgehead atoms. The maximum Gasteiger partial charge on any atom is 0.317 e. The van der Waals surface area contributed by atoms with Crippen molar-refractivity contribution in [2.24, 2.45) is 7.05 Å². The monoisotopic (exact) mass is 539 g/mol. The highest BCUT2D eigenvalue weighted by atomic mass is 19.3. The Labute approximate surface area is 228 Å². The zero-order chi connectivity index (χ0) is 27.7. The Morgan fingerprint density at radius 1 is 1.15 bits per heavy atom. The van der Waals surface area contributed by atoms with Crippen LogP contribution in [-0.2, 0) is 7.05 Å². The van der Waals surface area contributed by atoms with Crippen LogP contribution >= 0.6 is 0 Å². The van der Waals surface area contributed by atoms with Crippen LogP contribution in [0.1, 0.15) is 75.3 Å². The van der Waals surface area contributed by atoms with Gasteiger partial charge < -0.3 is 20.4 Å². The minimum Gasteiger partial charge on any atom is -0.385 e. The Hall–Kier alpha value is -3.43. The molecule has 1 saturated carbocycles. The maximum absolute atomic E-state index is 14.4. The van der Waals surface area contributed by atoms with Crippen LogP contribution in [0.25, 0.3) is 11.1 Å². The maximum atomic E-state index is 14.4. The van der Waals surface area contributed by atoms with Crippen molar-refractivity contribution < 1.29 is 13.6 Å². The Kier molecular flexibility index (Phi) is 7.91. The third-order valence-electron chi connectivity index (χ3n) is 8.44. The van der Waals surface area contributed by atoms with Gasteiger partial charge in [0.2, 0.25) is 0 Å². The number of nitrogens with one attached hydrogen (secondary N) is 3. The highest BCUT2D eigenvalue weighted by Gasteiger charge is 2.33. The summed E-state index contributed by atoms with van der Waals surface area (Å²) >= 11 is 0. The van der Waals surface area contributed by atoms with Gasteiger partial charge in [-0.1, -0.05) is 26.2 Å². The Bertz CT molecular complexity index is 1260. The predicted molar refractivity (Wildman–Crippen MR) is 149 cm³/mol. The highest BCUT2D eigenvalue weighted by molar-refractivity contribution is 6.09. The summed E-state index contributed by atoms with van der Waals surface area (Å²) in [6.45, 7) is 3.55. The van der Waals surface area contributed by atoms with Crippen molar-refractivity contribution in [1.29, 1.82) is 5.41 Å². The lowest BCUT2D eigenvalue weighted by atomic mass is 9.86. The van der Waals surface area contributed by atoms with E-state index in [0.29, 0.717) is 48.9 Å². The number of nitrogens with zero attached hydrogens (tertiary/aromatic N) is 4. The summed E-state index contributed by atoms with van der Waals surface area (Å²) in [7, 11) is 3.38. The zero-order valence-electron chi connectivity index (χ0n) is 23.1. The second-order valence-corrected chi connectivity index (χ2v) is 11.1. The Morgan fingerprint density at radius 2 is 1.92 bits per heavy atom. The molecule has 0 radical (unpaired) electrons. The van der Waals surface area contributed by atoms with E-state index in [-0.39, 0.29) is 23.3 Å². The lowest BCUT2D eigenvalue weighted by Crippen LogP contribution is -2.48. The predicted octanol–water partition coefficient (Wildman–Crippen LogP) is 5.54. The molecular formula is C29H39F2N7O. The van der Waals surface area contributed by atoms with Gasteiger partial charge in [-0.2, -0.15) is 5.10 Å². The van der Waals surface area contributed by atoms with Crippen LogP contribution in [0.15, 0.2) is 35.8 Å². The number of rotatable bonds is 5. The van der Waals surface area contributed by atoms with Crippen LogP contribution in [0, 0.1) is 5.41 Å². The number of fused-ring (bicyclic) bond motifs is 1. The number of carbonyl (C=O) groups is 1. The number of anilines is 1. The fourth-order valence-corrected chi connectivity index (χ4v) is 6.20. The van der Waals surface area contributed by atoms with Crippen molar-refractivity contribution >= 4 is 17.6 Å². The molecule has 39 heavy (non-hydrogen) atoms. The van der Waals surface area contributed by atoms with Crippen LogP contribution < -0.4 is 15.5 Å². The van der Waals surface area contributed by atoms with Crippen LogP contribution in [0.3, 0.4) is 0 Å². The van der Waals surface area contributed by atoms with Gasteiger partial charge in [0, 0.05) is 73.9 Å². The first-order valence-electron chi connectivity index (χ1n) is 14.0. The van der Waals surface area contributed by atoms with E-state index in [1.165, 1.54) is 19.3 Å². The second-order valence-electron chi connectivity index (χ2n) is 11.1. The van der Waals surface area contributed by atoms with Crippen LogP contribution in [0.5, 0.6) is 0 Å². The molecular weight excluding hydrogens is 500 g/mol. The number of hydrogen-bond acceptors (Lipinski definition) is 4. The summed E-state index contributed by atoms with van der Waals surface area (Å²) in [6, 6.07) is 3.63. The SMILES string of the molecule is CNC(=O)N1CCC(NC2CCCCC2)=C(C(=N)N2CCC(C)c3cc(-c4cnn(C)c4)c(C(F)F)cc32)C1. The molecule has 1 atom stereocenters. The number of benzene rings is 1. The molecule has 0 spiro atoms. The number of alkyl halides is 2. The molecule has 3 heterocycles. The summed E-state index contributed by atoms with van der Waals surface area (Å²) < 4.78 is 30.4. The molecule has 2 aromatic rings. The molecule has 1 unspecified atom stereocenters. The van der Waals surface area contributed by atoms with Gasteiger partial charge >= 0.3 is 6.03 Å². The van der Waals surface area contributed by atoms with E-state index in [9.17, 15) is 19.0 Å². The minimum absolute atomic E-state index is 0.0567. The molecule has 10 heteroatoms. The number of carbonyl (C=O) groups excluding carboxylic acids is 1. The quantitative estimate of drug-likeness (QED) is 0.344. The van der Waals surface area contributed by atoms with Crippen molar-refractivity contribution in [3.05, 3.63) is 46.9 Å². The van der Waals surface area contributed by atoms with E-state index in [4.69, 9.17) is 0 Å². The van der Waals surface area contributed by atoms with Crippen molar-refractivity contribution in [3.63, 3.8) is 0 Å². The number of aryl methyl sites for hydroxylation is 1. The van der Waals surface area contributed by atoms with Gasteiger partial charge in [-0.15, -0.1) is 0 Å². The largest absolute Gasteiger partial charge is 0.385 e. The summed E-state index contributed by atoms with van der Waals surface area (Å²) in [6.07, 6.45) is 7.97. The minimum atomic E-state index is -2.67. The van der Waals surface area contributed by atoms with Crippen LogP contribution in [-0.4, -0.2) is 59.3 Å². The van der Waals surface area contributed by atoms with Gasteiger partial charge in [0.1, 0.15) is 5.84 Å². The molecule has 1 aromatic heterocycles. The molecule has 8 nitrogen and oxygen atoms in total. The van der Waals surface area contributed by atoms with E-state index in [0.717, 1.165) is 36.1 Å². The highest BCUT2D eigenvalue weighted by Crippen LogP contribution is 2.43. The lowest BCUT2D eigenvalue weighted by Gasteiger charge is -2.39. The van der Waals surface area contributed by atoms with E-state index in [1.54, 1.807) is 42.1 Å². The molecule has 2 amide bonds. The first kappa shape index (κ1) is 27.1. The lowest BCUT2D eigenvalue weighted by molar-refractivity contribution is 0.152. The summed E-state index contributed by atoms with van der Waals surface area (Å²) in [4.78, 5) is 16.1. The van der Waals surface area contributed by atoms with Gasteiger partial charge in [-0.25, -0.2) is 13.6 Å². The van der Waals surface area contributed by atoms with Gasteiger partial charge in [-0.3, -0.25) is 10.1 Å². The third kappa shape index (κ3) is 5.51. The fourth-order valence-electron chi connectivity index (χ4n) is 6.20. The summed E-state index contributed by atoms with van der Waals surface area (Å²) in [5, 5.41) is 20.0. The van der Waals surface area contributed by atoms with Crippen molar-refractivity contribution in [2.75, 3.05) is 31.6 Å². The standard InChI is InChI=1S/C29H39F2N7O/c1-18-9-12-38(26-14-23(27(30)31)22(13-21(18)26)19-15-34-36(3)16-19)28(32)24-17-37(29(39)33-2)11-10-25(24)35-20-7-5-4-6-8-20/h13-16,18,20,27,32,35H,4-12,17H2,1-3H3,(H,33,39). The number of urea groups is 1. The number of hydrogen-bond donors (Lipinski definition) is 3. The normalized spacial score (nSPS) is 20.3. The van der Waals surface area contributed by atoms with E-state index in [2.05, 4.69) is 22.7 Å². The number of amides is 2. The van der Waals surface area contributed by atoms with Crippen LogP contribution in [0.4, 0.5) is 19.3 Å². The Morgan fingerprint density at radius 3 is 2.59 bits per heavy atom. The van der Waals surface area contributed by atoms with Gasteiger partial charge in [0.05, 0.1) is 12.7 Å². The topological polar surface area (TPSA) is 89.3 Å². The van der Waals surface area contributed by atoms with E-state index in [1.807, 2.05) is 11.0 Å². The summed E-state index contributed by atoms with van der Waals surface area (Å²) in [5.74, 6) is 0.443. The molecule has 3 N–H and O–H groups in total. The average Bonchev–Trinajstić information content (AvgIpc) is 3.38. The smallest absolute Gasteiger partial charge is 0.317 e. The van der Waals surface area contributed by atoms with Crippen molar-refractivity contribution in [1.82, 2.24) is 25.3 Å². The molecule has 1 aliphatic carbocycles. The van der Waals surface area contributed by atoms with Gasteiger partial charge in [0.25, 0.3) is 6.43 Å². The van der Waals surface area contributed by atoms with Crippen molar-refractivity contribution in [3.8, 4) is 11.1 Å². The molecule has 3 aliphatic rings. The average molecular weight is 540 g/mol. The summed E-state index contributed by atoms with van der Waals surface area (Å²) in [5.41, 5.74) is 4.47. The van der Waals surface area contributed by atoms with Gasteiger partial charge in [-0.05, 0) is 48.4 Å². The number of amidine groups is 1. The third-order valence-corrected chi connectivity index (χ3v) is 8.44. The van der Waals surface area contributed by atoms with E-state index >= 15 is 0 Å².